The number of piperazine rings is 1. The SMILES string of the molecule is CC(C)(C)c1ccc(C(=O)N2CCN(c3ccc(OC4CCCCC4)nn3)CC2)cc1. The molecule has 6 heteroatoms. The van der Waals surface area contributed by atoms with E-state index in [1.807, 2.05) is 29.2 Å². The minimum absolute atomic E-state index is 0.0885. The monoisotopic (exact) mass is 422 g/mol. The molecule has 0 radical (unpaired) electrons. The predicted octanol–water partition coefficient (Wildman–Crippen LogP) is 4.45. The average Bonchev–Trinajstić information content (AvgIpc) is 2.79. The molecule has 6 nitrogen and oxygen atoms in total. The Bertz CT molecular complexity index is 860. The second-order valence-electron chi connectivity index (χ2n) is 9.71. The first-order chi connectivity index (χ1) is 14.9. The van der Waals surface area contributed by atoms with Crippen molar-refractivity contribution in [2.24, 2.45) is 0 Å². The minimum atomic E-state index is 0.0885. The van der Waals surface area contributed by atoms with E-state index in [4.69, 9.17) is 4.74 Å². The smallest absolute Gasteiger partial charge is 0.253 e. The Morgan fingerprint density at radius 1 is 0.903 bits per heavy atom. The van der Waals surface area contributed by atoms with Crippen molar-refractivity contribution in [1.29, 1.82) is 0 Å². The zero-order chi connectivity index (χ0) is 21.8. The van der Waals surface area contributed by atoms with Crippen LogP contribution in [0, 0.1) is 0 Å². The van der Waals surface area contributed by atoms with E-state index in [1.165, 1.54) is 24.8 Å². The predicted molar refractivity (Wildman–Crippen MR) is 123 cm³/mol. The van der Waals surface area contributed by atoms with Gasteiger partial charge in [-0.1, -0.05) is 39.3 Å². The highest BCUT2D eigenvalue weighted by atomic mass is 16.5. The standard InChI is InChI=1S/C25H34N4O2/c1-25(2,3)20-11-9-19(10-12-20)24(30)29-17-15-28(16-18-29)22-13-14-23(27-26-22)31-21-7-5-4-6-8-21/h9-14,21H,4-8,15-18H2,1-3H3. The highest BCUT2D eigenvalue weighted by molar-refractivity contribution is 5.94. The lowest BCUT2D eigenvalue weighted by Gasteiger charge is -2.35. The molecule has 2 heterocycles. The van der Waals surface area contributed by atoms with Crippen LogP contribution >= 0.6 is 0 Å². The number of amides is 1. The molecule has 1 aromatic carbocycles. The van der Waals surface area contributed by atoms with Crippen LogP contribution in [0.1, 0.15) is 68.8 Å². The van der Waals surface area contributed by atoms with E-state index in [9.17, 15) is 4.79 Å². The third kappa shape index (κ3) is 5.35. The van der Waals surface area contributed by atoms with Crippen LogP contribution in [0.3, 0.4) is 0 Å². The van der Waals surface area contributed by atoms with E-state index in [-0.39, 0.29) is 17.4 Å². The van der Waals surface area contributed by atoms with Gasteiger partial charge < -0.3 is 14.5 Å². The first kappa shape index (κ1) is 21.6. The molecule has 0 atom stereocenters. The number of ether oxygens (including phenoxy) is 1. The molecule has 2 fully saturated rings. The third-order valence-corrected chi connectivity index (χ3v) is 6.35. The van der Waals surface area contributed by atoms with E-state index in [1.54, 1.807) is 0 Å². The van der Waals surface area contributed by atoms with E-state index < -0.39 is 0 Å². The van der Waals surface area contributed by atoms with Gasteiger partial charge in [0.15, 0.2) is 5.82 Å². The summed E-state index contributed by atoms with van der Waals surface area (Å²) in [7, 11) is 0. The first-order valence-electron chi connectivity index (χ1n) is 11.6. The molecule has 2 aromatic rings. The first-order valence-corrected chi connectivity index (χ1v) is 11.6. The summed E-state index contributed by atoms with van der Waals surface area (Å²) in [6, 6.07) is 11.9. The maximum Gasteiger partial charge on any atom is 0.253 e. The van der Waals surface area contributed by atoms with Crippen molar-refractivity contribution in [1.82, 2.24) is 15.1 Å². The number of hydrogen-bond donors (Lipinski definition) is 0. The lowest BCUT2D eigenvalue weighted by atomic mass is 9.86. The summed E-state index contributed by atoms with van der Waals surface area (Å²) < 4.78 is 5.98. The van der Waals surface area contributed by atoms with Crippen molar-refractivity contribution < 1.29 is 9.53 Å². The van der Waals surface area contributed by atoms with Crippen molar-refractivity contribution >= 4 is 11.7 Å². The van der Waals surface area contributed by atoms with Gasteiger partial charge in [0.1, 0.15) is 6.10 Å². The maximum atomic E-state index is 12.9. The van der Waals surface area contributed by atoms with Gasteiger partial charge in [-0.3, -0.25) is 4.79 Å². The summed E-state index contributed by atoms with van der Waals surface area (Å²) in [6.07, 6.45) is 6.28. The van der Waals surface area contributed by atoms with Crippen molar-refractivity contribution in [3.05, 3.63) is 47.5 Å². The molecule has 1 aliphatic carbocycles. The number of rotatable bonds is 4. The summed E-state index contributed by atoms with van der Waals surface area (Å²) in [5.74, 6) is 1.56. The molecular weight excluding hydrogens is 388 g/mol. The molecule has 1 saturated heterocycles. The van der Waals surface area contributed by atoms with Crippen LogP contribution in [0.2, 0.25) is 0 Å². The van der Waals surface area contributed by atoms with Gasteiger partial charge >= 0.3 is 0 Å². The van der Waals surface area contributed by atoms with Gasteiger partial charge in [0, 0.05) is 37.8 Å². The van der Waals surface area contributed by atoms with Crippen LogP contribution in [-0.4, -0.2) is 53.3 Å². The summed E-state index contributed by atoms with van der Waals surface area (Å²) in [6.45, 7) is 9.41. The number of anilines is 1. The molecule has 0 spiro atoms. The summed E-state index contributed by atoms with van der Waals surface area (Å²) in [5, 5.41) is 8.66. The fourth-order valence-corrected chi connectivity index (χ4v) is 4.33. The van der Waals surface area contributed by atoms with Gasteiger partial charge in [0.05, 0.1) is 0 Å². The van der Waals surface area contributed by atoms with E-state index in [2.05, 4.69) is 48.0 Å². The highest BCUT2D eigenvalue weighted by Crippen LogP contribution is 2.24. The van der Waals surface area contributed by atoms with Gasteiger partial charge in [-0.15, -0.1) is 10.2 Å². The van der Waals surface area contributed by atoms with Crippen LogP contribution in [0.15, 0.2) is 36.4 Å². The summed E-state index contributed by atoms with van der Waals surface area (Å²) in [4.78, 5) is 17.0. The fraction of sp³-hybridized carbons (Fsp3) is 0.560. The zero-order valence-corrected chi connectivity index (χ0v) is 19.0. The fourth-order valence-electron chi connectivity index (χ4n) is 4.33. The number of aromatic nitrogens is 2. The lowest BCUT2D eigenvalue weighted by Crippen LogP contribution is -2.49. The third-order valence-electron chi connectivity index (χ3n) is 6.35. The Hall–Kier alpha value is -2.63. The molecule has 1 aromatic heterocycles. The van der Waals surface area contributed by atoms with Gasteiger partial charge in [0.25, 0.3) is 5.91 Å². The molecule has 0 bridgehead atoms. The molecule has 0 N–H and O–H groups in total. The Labute approximate surface area is 185 Å². The van der Waals surface area contributed by atoms with Gasteiger partial charge in [-0.2, -0.15) is 0 Å². The quantitative estimate of drug-likeness (QED) is 0.729. The topological polar surface area (TPSA) is 58.6 Å². The maximum absolute atomic E-state index is 12.9. The summed E-state index contributed by atoms with van der Waals surface area (Å²) >= 11 is 0. The second-order valence-corrected chi connectivity index (χ2v) is 9.71. The summed E-state index contributed by atoms with van der Waals surface area (Å²) in [5.41, 5.74) is 2.08. The number of nitrogens with zero attached hydrogens (tertiary/aromatic N) is 4. The molecule has 166 valence electrons. The Morgan fingerprint density at radius 3 is 2.16 bits per heavy atom. The Morgan fingerprint density at radius 2 is 1.58 bits per heavy atom. The average molecular weight is 423 g/mol. The van der Waals surface area contributed by atoms with Crippen molar-refractivity contribution in [3.8, 4) is 5.88 Å². The van der Waals surface area contributed by atoms with Gasteiger partial charge in [-0.25, -0.2) is 0 Å². The van der Waals surface area contributed by atoms with E-state index in [0.717, 1.165) is 37.3 Å². The molecule has 1 amide bonds. The van der Waals surface area contributed by atoms with Crippen molar-refractivity contribution in [2.45, 2.75) is 64.4 Å². The molecule has 1 saturated carbocycles. The zero-order valence-electron chi connectivity index (χ0n) is 19.0. The molecule has 2 aliphatic rings. The minimum Gasteiger partial charge on any atom is -0.473 e. The largest absolute Gasteiger partial charge is 0.473 e. The van der Waals surface area contributed by atoms with Crippen LogP contribution in [0.5, 0.6) is 5.88 Å². The van der Waals surface area contributed by atoms with Crippen molar-refractivity contribution in [3.63, 3.8) is 0 Å². The molecule has 31 heavy (non-hydrogen) atoms. The number of carbonyl (C=O) groups excluding carboxylic acids is 1. The van der Waals surface area contributed by atoms with Crippen LogP contribution in [-0.2, 0) is 5.41 Å². The van der Waals surface area contributed by atoms with E-state index >= 15 is 0 Å². The van der Waals surface area contributed by atoms with Gasteiger partial charge in [-0.05, 0) is 54.9 Å². The highest BCUT2D eigenvalue weighted by Gasteiger charge is 2.24. The Kier molecular flexibility index (Phi) is 6.44. The lowest BCUT2D eigenvalue weighted by molar-refractivity contribution is 0.0746. The number of benzene rings is 1. The molecule has 1 aliphatic heterocycles. The number of carbonyl (C=O) groups is 1. The van der Waals surface area contributed by atoms with Crippen LogP contribution in [0.25, 0.3) is 0 Å². The normalized spacial score (nSPS) is 18.2. The molecule has 0 unspecified atom stereocenters. The van der Waals surface area contributed by atoms with E-state index in [0.29, 0.717) is 19.0 Å². The Balaban J connectivity index is 1.30. The second kappa shape index (κ2) is 9.25. The molecule has 4 rings (SSSR count). The number of hydrogen-bond acceptors (Lipinski definition) is 5. The van der Waals surface area contributed by atoms with Crippen molar-refractivity contribution in [2.75, 3.05) is 31.1 Å². The molecular formula is C25H34N4O2. The van der Waals surface area contributed by atoms with Crippen LogP contribution < -0.4 is 9.64 Å². The van der Waals surface area contributed by atoms with Crippen LogP contribution in [0.4, 0.5) is 5.82 Å². The van der Waals surface area contributed by atoms with Gasteiger partial charge in [0.2, 0.25) is 5.88 Å².